The highest BCUT2D eigenvalue weighted by molar-refractivity contribution is 7.89. The SMILES string of the molecule is CC(C)(C)OC(=O)[C@H](CCN([C@@H](CCN1C(=O)CC[C@H]1C(=O)OC(C)(C)C)C(=O)OC(C)(C)C)S(=O)(=O)CC[Si](C)(C)C)NC(=O)OCc1ccccc1. The van der Waals surface area contributed by atoms with Crippen LogP contribution < -0.4 is 5.32 Å². The number of esters is 3. The van der Waals surface area contributed by atoms with E-state index in [1.165, 1.54) is 4.90 Å². The Morgan fingerprint density at radius 3 is 1.96 bits per heavy atom. The quantitative estimate of drug-likeness (QED) is 0.121. The van der Waals surface area contributed by atoms with Crippen LogP contribution in [0.2, 0.25) is 25.7 Å². The van der Waals surface area contributed by atoms with Crippen molar-refractivity contribution in [2.45, 2.75) is 155 Å². The van der Waals surface area contributed by atoms with E-state index in [1.54, 1.807) is 86.6 Å². The minimum Gasteiger partial charge on any atom is -0.459 e. The fourth-order valence-electron chi connectivity index (χ4n) is 5.47. The summed E-state index contributed by atoms with van der Waals surface area (Å²) in [6.07, 6.45) is -1.12. The second-order valence-corrected chi connectivity index (χ2v) is 25.5. The molecule has 0 bridgehead atoms. The number of hydrogen-bond donors (Lipinski definition) is 1. The van der Waals surface area contributed by atoms with E-state index in [0.29, 0.717) is 11.6 Å². The lowest BCUT2D eigenvalue weighted by Gasteiger charge is -2.35. The number of rotatable bonds is 17. The van der Waals surface area contributed by atoms with E-state index in [2.05, 4.69) is 5.32 Å². The summed E-state index contributed by atoms with van der Waals surface area (Å²) in [6, 6.07) is 5.58. The number of hydrogen-bond acceptors (Lipinski definition) is 11. The van der Waals surface area contributed by atoms with Crippen LogP contribution in [0.25, 0.3) is 0 Å². The first-order valence-corrected chi connectivity index (χ1v) is 23.8. The average Bonchev–Trinajstić information content (AvgIpc) is 3.37. The highest BCUT2D eigenvalue weighted by atomic mass is 32.2. The molecule has 1 aromatic rings. The molecule has 0 radical (unpaired) electrons. The number of nitrogens with zero attached hydrogens (tertiary/aromatic N) is 2. The van der Waals surface area contributed by atoms with Crippen LogP contribution in [-0.2, 0) is 54.8 Å². The Kier molecular flexibility index (Phi) is 16.3. The normalized spacial score (nSPS) is 16.8. The Morgan fingerprint density at radius 2 is 1.43 bits per heavy atom. The molecule has 54 heavy (non-hydrogen) atoms. The third-order valence-electron chi connectivity index (χ3n) is 7.98. The number of nitrogens with one attached hydrogen (secondary N) is 1. The van der Waals surface area contributed by atoms with Gasteiger partial charge in [0.05, 0.1) is 5.75 Å². The lowest BCUT2D eigenvalue weighted by Crippen LogP contribution is -2.53. The predicted octanol–water partition coefficient (Wildman–Crippen LogP) is 5.42. The standard InChI is InChI=1S/C38H63N3O11SSi/c1-36(2,3)50-32(43)28(39-35(46)49-26-27-16-14-13-15-17-27)20-23-41(53(47,48)24-25-54(10,11)12)30(34(45)52-38(7,8)9)21-22-40-29(18-19-31(40)42)33(44)51-37(4,5)6/h13-17,28-30H,18-26H2,1-12H3,(H,39,46)/t28-,29-,30-/m0/s1. The summed E-state index contributed by atoms with van der Waals surface area (Å²) >= 11 is 0. The zero-order valence-electron chi connectivity index (χ0n) is 34.3. The van der Waals surface area contributed by atoms with Crippen molar-refractivity contribution < 1.29 is 51.3 Å². The maximum Gasteiger partial charge on any atom is 0.408 e. The number of alkyl carbamates (subject to hydrolysis) is 1. The molecule has 0 spiro atoms. The van der Waals surface area contributed by atoms with E-state index in [9.17, 15) is 32.4 Å². The molecule has 2 rings (SSSR count). The topological polar surface area (TPSA) is 175 Å². The van der Waals surface area contributed by atoms with Crippen LogP contribution in [0, 0.1) is 0 Å². The number of carbonyl (C=O) groups is 5. The van der Waals surface area contributed by atoms with Gasteiger partial charge in [-0.05, 0) is 93.2 Å². The third-order valence-corrected chi connectivity index (χ3v) is 12.0. The Bertz CT molecular complexity index is 1560. The van der Waals surface area contributed by atoms with Crippen LogP contribution in [0.5, 0.6) is 0 Å². The fraction of sp³-hybridized carbons (Fsp3) is 0.711. The Labute approximate surface area is 323 Å². The van der Waals surface area contributed by atoms with Crippen molar-refractivity contribution in [2.75, 3.05) is 18.8 Å². The van der Waals surface area contributed by atoms with Gasteiger partial charge >= 0.3 is 24.0 Å². The molecule has 0 aromatic heterocycles. The van der Waals surface area contributed by atoms with Crippen molar-refractivity contribution in [3.8, 4) is 0 Å². The first-order chi connectivity index (χ1) is 24.6. The van der Waals surface area contributed by atoms with Gasteiger partial charge in [-0.25, -0.2) is 22.8 Å². The van der Waals surface area contributed by atoms with Crippen molar-refractivity contribution in [1.82, 2.24) is 14.5 Å². The number of ether oxygens (including phenoxy) is 4. The Morgan fingerprint density at radius 1 is 0.870 bits per heavy atom. The first-order valence-electron chi connectivity index (χ1n) is 18.5. The summed E-state index contributed by atoms with van der Waals surface area (Å²) in [7, 11) is -6.15. The van der Waals surface area contributed by atoms with Crippen molar-refractivity contribution in [2.24, 2.45) is 0 Å². The third kappa shape index (κ3) is 16.9. The summed E-state index contributed by atoms with van der Waals surface area (Å²) in [5.41, 5.74) is -2.04. The zero-order chi connectivity index (χ0) is 41.3. The summed E-state index contributed by atoms with van der Waals surface area (Å²) in [5, 5.41) is 2.53. The monoisotopic (exact) mass is 797 g/mol. The number of likely N-dealkylation sites (tertiary alicyclic amines) is 1. The average molecular weight is 798 g/mol. The molecular formula is C38H63N3O11SSi. The summed E-state index contributed by atoms with van der Waals surface area (Å²) in [4.78, 5) is 68.0. The molecule has 306 valence electrons. The number of carbonyl (C=O) groups excluding carboxylic acids is 5. The molecule has 0 saturated carbocycles. The van der Waals surface area contributed by atoms with Gasteiger partial charge in [-0.2, -0.15) is 4.31 Å². The highest BCUT2D eigenvalue weighted by Gasteiger charge is 2.43. The van der Waals surface area contributed by atoms with E-state index in [0.717, 1.165) is 4.31 Å². The molecule has 1 saturated heterocycles. The van der Waals surface area contributed by atoms with Crippen LogP contribution in [0.15, 0.2) is 30.3 Å². The van der Waals surface area contributed by atoms with Crippen LogP contribution in [0.3, 0.4) is 0 Å². The summed E-state index contributed by atoms with van der Waals surface area (Å²) in [6.45, 7) is 20.5. The molecule has 1 aromatic carbocycles. The lowest BCUT2D eigenvalue weighted by atomic mass is 10.1. The smallest absolute Gasteiger partial charge is 0.408 e. The molecule has 1 aliphatic rings. The van der Waals surface area contributed by atoms with Crippen molar-refractivity contribution in [3.63, 3.8) is 0 Å². The molecule has 16 heteroatoms. The van der Waals surface area contributed by atoms with Gasteiger partial charge < -0.3 is 29.2 Å². The Balaban J connectivity index is 2.53. The molecule has 0 aliphatic carbocycles. The van der Waals surface area contributed by atoms with Gasteiger partial charge in [-0.1, -0.05) is 50.0 Å². The van der Waals surface area contributed by atoms with E-state index in [4.69, 9.17) is 18.9 Å². The van der Waals surface area contributed by atoms with E-state index >= 15 is 0 Å². The van der Waals surface area contributed by atoms with E-state index < -0.39 is 83.6 Å². The van der Waals surface area contributed by atoms with Crippen LogP contribution in [0.1, 0.15) is 93.6 Å². The number of benzene rings is 1. The van der Waals surface area contributed by atoms with Gasteiger partial charge in [0, 0.05) is 27.6 Å². The van der Waals surface area contributed by atoms with Crippen LogP contribution >= 0.6 is 0 Å². The molecule has 2 amide bonds. The van der Waals surface area contributed by atoms with Crippen molar-refractivity contribution in [3.05, 3.63) is 35.9 Å². The summed E-state index contributed by atoms with van der Waals surface area (Å²) in [5.74, 6) is -2.88. The van der Waals surface area contributed by atoms with Gasteiger partial charge in [0.1, 0.15) is 41.5 Å². The number of amides is 2. The largest absolute Gasteiger partial charge is 0.459 e. The van der Waals surface area contributed by atoms with Crippen molar-refractivity contribution in [1.29, 1.82) is 0 Å². The van der Waals surface area contributed by atoms with Gasteiger partial charge in [0.25, 0.3) is 0 Å². The van der Waals surface area contributed by atoms with Gasteiger partial charge in [0.2, 0.25) is 15.9 Å². The second-order valence-electron chi connectivity index (χ2n) is 17.8. The maximum atomic E-state index is 14.3. The van der Waals surface area contributed by atoms with Crippen LogP contribution in [-0.4, -0.2) is 109 Å². The lowest BCUT2D eigenvalue weighted by molar-refractivity contribution is -0.162. The van der Waals surface area contributed by atoms with Crippen molar-refractivity contribution >= 4 is 48.0 Å². The predicted molar refractivity (Wildman–Crippen MR) is 207 cm³/mol. The molecule has 1 fully saturated rings. The molecule has 1 N–H and O–H groups in total. The van der Waals surface area contributed by atoms with Gasteiger partial charge in [-0.3, -0.25) is 9.59 Å². The molecule has 0 unspecified atom stereocenters. The molecule has 1 aliphatic heterocycles. The first kappa shape index (κ1) is 46.7. The maximum absolute atomic E-state index is 14.3. The molecular weight excluding hydrogens is 735 g/mol. The minimum atomic E-state index is -4.22. The van der Waals surface area contributed by atoms with Gasteiger partial charge in [0.15, 0.2) is 0 Å². The minimum absolute atomic E-state index is 0.0782. The second kappa shape index (κ2) is 18.9. The molecule has 1 heterocycles. The zero-order valence-corrected chi connectivity index (χ0v) is 36.1. The summed E-state index contributed by atoms with van der Waals surface area (Å²) < 4.78 is 51.9. The van der Waals surface area contributed by atoms with E-state index in [1.807, 2.05) is 25.7 Å². The van der Waals surface area contributed by atoms with Gasteiger partial charge in [-0.15, -0.1) is 0 Å². The van der Waals surface area contributed by atoms with Crippen LogP contribution in [0.4, 0.5) is 4.79 Å². The highest BCUT2D eigenvalue weighted by Crippen LogP contribution is 2.26. The van der Waals surface area contributed by atoms with E-state index in [-0.39, 0.29) is 50.5 Å². The fourth-order valence-corrected chi connectivity index (χ4v) is 10.1. The number of sulfonamides is 1. The molecule has 14 nitrogen and oxygen atoms in total. The Hall–Kier alpha value is -3.50. The molecule has 3 atom stereocenters.